The molecule has 1 saturated carbocycles. The average molecular weight is 234 g/mol. The molecule has 1 heterocycles. The van der Waals surface area contributed by atoms with E-state index in [1.807, 2.05) is 20.8 Å². The molecule has 0 spiro atoms. The summed E-state index contributed by atoms with van der Waals surface area (Å²) in [5.74, 6) is -4.91. The van der Waals surface area contributed by atoms with Gasteiger partial charge in [0.2, 0.25) is 0 Å². The van der Waals surface area contributed by atoms with E-state index in [-0.39, 0.29) is 17.1 Å². The van der Waals surface area contributed by atoms with Crippen molar-refractivity contribution in [2.75, 3.05) is 0 Å². The summed E-state index contributed by atoms with van der Waals surface area (Å²) in [7, 11) is 0. The molecule has 0 amide bonds. The fraction of sp³-hybridized carbons (Fsp3) is 0.909. The number of esters is 1. The molecule has 3 nitrogen and oxygen atoms in total. The van der Waals surface area contributed by atoms with Crippen molar-refractivity contribution in [2.45, 2.75) is 57.8 Å². The first-order valence-corrected chi connectivity index (χ1v) is 5.33. The Balaban J connectivity index is 2.08. The molecule has 3 unspecified atom stereocenters. The minimum absolute atomic E-state index is 0.228. The summed E-state index contributed by atoms with van der Waals surface area (Å²) in [6.07, 6.45) is -0.0811. The maximum Gasteiger partial charge on any atom is 0.377 e. The van der Waals surface area contributed by atoms with Gasteiger partial charge in [-0.3, -0.25) is 0 Å². The van der Waals surface area contributed by atoms with Gasteiger partial charge in [0.25, 0.3) is 0 Å². The van der Waals surface area contributed by atoms with Gasteiger partial charge in [0.15, 0.2) is 0 Å². The standard InChI is InChI=1S/C11H16F2O3/c1-9(2)5-10(3)7(16-10)6(9)15-8(14)11(4,12)13/h6-7H,5H2,1-4H3. The minimum Gasteiger partial charge on any atom is -0.454 e. The molecule has 5 heteroatoms. The Morgan fingerprint density at radius 2 is 2.00 bits per heavy atom. The lowest BCUT2D eigenvalue weighted by Gasteiger charge is -2.29. The van der Waals surface area contributed by atoms with Crippen LogP contribution in [-0.2, 0) is 14.3 Å². The fourth-order valence-corrected chi connectivity index (χ4v) is 2.64. The van der Waals surface area contributed by atoms with Gasteiger partial charge in [-0.15, -0.1) is 0 Å². The molecular formula is C11H16F2O3. The molecule has 0 aromatic heterocycles. The van der Waals surface area contributed by atoms with Crippen LogP contribution in [0.15, 0.2) is 0 Å². The second-order valence-corrected chi connectivity index (χ2v) is 5.73. The summed E-state index contributed by atoms with van der Waals surface area (Å²) < 4.78 is 35.8. The van der Waals surface area contributed by atoms with Crippen LogP contribution in [0.25, 0.3) is 0 Å². The summed E-state index contributed by atoms with van der Waals surface area (Å²) in [4.78, 5) is 11.1. The number of ether oxygens (including phenoxy) is 2. The van der Waals surface area contributed by atoms with Gasteiger partial charge in [0.05, 0.1) is 5.60 Å². The van der Waals surface area contributed by atoms with Crippen LogP contribution in [0.2, 0.25) is 0 Å². The quantitative estimate of drug-likeness (QED) is 0.542. The number of halogens is 2. The molecule has 1 aliphatic heterocycles. The van der Waals surface area contributed by atoms with Crippen LogP contribution in [0.4, 0.5) is 8.78 Å². The Morgan fingerprint density at radius 3 is 2.38 bits per heavy atom. The van der Waals surface area contributed by atoms with Crippen molar-refractivity contribution in [2.24, 2.45) is 5.41 Å². The molecule has 3 atom stereocenters. The van der Waals surface area contributed by atoms with E-state index in [1.165, 1.54) is 0 Å². The van der Waals surface area contributed by atoms with Crippen molar-refractivity contribution in [1.82, 2.24) is 0 Å². The van der Waals surface area contributed by atoms with Gasteiger partial charge in [0.1, 0.15) is 12.2 Å². The first-order valence-electron chi connectivity index (χ1n) is 5.33. The van der Waals surface area contributed by atoms with E-state index in [0.29, 0.717) is 6.92 Å². The summed E-state index contributed by atoms with van der Waals surface area (Å²) in [5.41, 5.74) is -0.601. The highest BCUT2D eigenvalue weighted by atomic mass is 19.3. The Kier molecular flexibility index (Phi) is 2.16. The SMILES string of the molecule is CC(F)(F)C(=O)OC1C2OC2(C)CC1(C)C. The molecular weight excluding hydrogens is 218 g/mol. The van der Waals surface area contributed by atoms with Crippen molar-refractivity contribution < 1.29 is 23.0 Å². The zero-order chi connectivity index (χ0) is 12.4. The fourth-order valence-electron chi connectivity index (χ4n) is 2.64. The van der Waals surface area contributed by atoms with E-state index in [4.69, 9.17) is 9.47 Å². The van der Waals surface area contributed by atoms with Crippen LogP contribution >= 0.6 is 0 Å². The number of alkyl halides is 2. The lowest BCUT2D eigenvalue weighted by atomic mass is 9.87. The minimum atomic E-state index is -3.44. The lowest BCUT2D eigenvalue weighted by Crippen LogP contribution is -2.39. The zero-order valence-electron chi connectivity index (χ0n) is 9.84. The molecule has 92 valence electrons. The van der Waals surface area contributed by atoms with Crippen LogP contribution in [0.5, 0.6) is 0 Å². The van der Waals surface area contributed by atoms with Gasteiger partial charge in [-0.05, 0) is 13.3 Å². The molecule has 1 aliphatic carbocycles. The van der Waals surface area contributed by atoms with Crippen LogP contribution in [0.3, 0.4) is 0 Å². The smallest absolute Gasteiger partial charge is 0.377 e. The number of fused-ring (bicyclic) bond motifs is 1. The number of hydrogen-bond acceptors (Lipinski definition) is 3. The van der Waals surface area contributed by atoms with Gasteiger partial charge < -0.3 is 9.47 Å². The van der Waals surface area contributed by atoms with E-state index in [1.54, 1.807) is 0 Å². The highest BCUT2D eigenvalue weighted by Crippen LogP contribution is 2.58. The van der Waals surface area contributed by atoms with Crippen LogP contribution in [0.1, 0.15) is 34.1 Å². The summed E-state index contributed by atoms with van der Waals surface area (Å²) >= 11 is 0. The molecule has 2 rings (SSSR count). The van der Waals surface area contributed by atoms with Gasteiger partial charge in [-0.1, -0.05) is 13.8 Å². The van der Waals surface area contributed by atoms with Crippen molar-refractivity contribution >= 4 is 5.97 Å². The first kappa shape index (κ1) is 11.8. The molecule has 0 aromatic rings. The molecule has 1 saturated heterocycles. The second kappa shape index (κ2) is 2.94. The third-order valence-electron chi connectivity index (χ3n) is 3.39. The number of carbonyl (C=O) groups excluding carboxylic acids is 1. The monoisotopic (exact) mass is 234 g/mol. The molecule has 0 bridgehead atoms. The zero-order valence-corrected chi connectivity index (χ0v) is 9.84. The van der Waals surface area contributed by atoms with Crippen molar-refractivity contribution in [1.29, 1.82) is 0 Å². The van der Waals surface area contributed by atoms with E-state index < -0.39 is 18.0 Å². The molecule has 0 N–H and O–H groups in total. The van der Waals surface area contributed by atoms with E-state index >= 15 is 0 Å². The maximum atomic E-state index is 12.7. The molecule has 16 heavy (non-hydrogen) atoms. The van der Waals surface area contributed by atoms with Crippen LogP contribution in [-0.4, -0.2) is 29.7 Å². The number of hydrogen-bond donors (Lipinski definition) is 0. The van der Waals surface area contributed by atoms with Crippen molar-refractivity contribution in [3.63, 3.8) is 0 Å². The third kappa shape index (κ3) is 1.71. The van der Waals surface area contributed by atoms with Gasteiger partial charge in [0, 0.05) is 12.3 Å². The van der Waals surface area contributed by atoms with E-state index in [2.05, 4.69) is 0 Å². The Bertz CT molecular complexity index is 335. The summed E-state index contributed by atoms with van der Waals surface area (Å²) in [6, 6.07) is 0. The highest BCUT2D eigenvalue weighted by Gasteiger charge is 2.69. The maximum absolute atomic E-state index is 12.7. The summed E-state index contributed by atoms with van der Waals surface area (Å²) in [6.45, 7) is 6.26. The van der Waals surface area contributed by atoms with E-state index in [0.717, 1.165) is 6.42 Å². The van der Waals surface area contributed by atoms with Gasteiger partial charge in [-0.2, -0.15) is 8.78 Å². The van der Waals surface area contributed by atoms with Crippen LogP contribution in [0, 0.1) is 5.41 Å². The lowest BCUT2D eigenvalue weighted by molar-refractivity contribution is -0.182. The predicted molar refractivity (Wildman–Crippen MR) is 52.2 cm³/mol. The molecule has 2 fully saturated rings. The first-order chi connectivity index (χ1) is 7.06. The van der Waals surface area contributed by atoms with Gasteiger partial charge in [-0.25, -0.2) is 4.79 Å². The third-order valence-corrected chi connectivity index (χ3v) is 3.39. The highest BCUT2D eigenvalue weighted by molar-refractivity contribution is 5.77. The molecule has 0 radical (unpaired) electrons. The number of rotatable bonds is 2. The normalized spacial score (nSPS) is 40.4. The van der Waals surface area contributed by atoms with Crippen molar-refractivity contribution in [3.8, 4) is 0 Å². The van der Waals surface area contributed by atoms with Crippen molar-refractivity contribution in [3.05, 3.63) is 0 Å². The van der Waals surface area contributed by atoms with Crippen LogP contribution < -0.4 is 0 Å². The average Bonchev–Trinajstić information content (AvgIpc) is 2.62. The Labute approximate surface area is 93.1 Å². The number of epoxide rings is 1. The predicted octanol–water partition coefficient (Wildman–Crippen LogP) is 2.14. The van der Waals surface area contributed by atoms with E-state index in [9.17, 15) is 13.6 Å². The largest absolute Gasteiger partial charge is 0.454 e. The Morgan fingerprint density at radius 1 is 1.44 bits per heavy atom. The number of carbonyl (C=O) groups is 1. The Hall–Kier alpha value is -0.710. The second-order valence-electron chi connectivity index (χ2n) is 5.73. The molecule has 0 aromatic carbocycles. The molecule has 2 aliphatic rings. The summed E-state index contributed by atoms with van der Waals surface area (Å²) in [5, 5.41) is 0. The van der Waals surface area contributed by atoms with Gasteiger partial charge >= 0.3 is 11.9 Å². The topological polar surface area (TPSA) is 38.8 Å².